The second kappa shape index (κ2) is 11.1. The quantitative estimate of drug-likeness (QED) is 0.192. The van der Waals surface area contributed by atoms with Crippen molar-refractivity contribution in [2.45, 2.75) is 146 Å². The van der Waals surface area contributed by atoms with Crippen LogP contribution in [0.25, 0.3) is 0 Å². The number of nitrogens with zero attached hydrogens (tertiary/aromatic N) is 2. The number of aliphatic imine (C=N–C) groups is 2. The highest BCUT2D eigenvalue weighted by atomic mass is 16.7. The molecule has 11 atom stereocenters. The Labute approximate surface area is 305 Å². The molecule has 10 aliphatic rings. The Morgan fingerprint density at radius 1 is 0.942 bits per heavy atom. The first-order valence-corrected chi connectivity index (χ1v) is 20.2. The van der Waals surface area contributed by atoms with Crippen LogP contribution in [0.1, 0.15) is 105 Å². The van der Waals surface area contributed by atoms with Crippen molar-refractivity contribution in [1.29, 1.82) is 0 Å². The van der Waals surface area contributed by atoms with Crippen molar-refractivity contribution in [3.63, 3.8) is 0 Å². The van der Waals surface area contributed by atoms with E-state index >= 15 is 0 Å². The van der Waals surface area contributed by atoms with E-state index in [0.717, 1.165) is 50.6 Å². The Morgan fingerprint density at radius 2 is 1.71 bits per heavy atom. The van der Waals surface area contributed by atoms with E-state index < -0.39 is 69.2 Å². The second-order valence-corrected chi connectivity index (χ2v) is 19.2. The maximum Gasteiger partial charge on any atom is 0.339 e. The van der Waals surface area contributed by atoms with Gasteiger partial charge in [-0.15, -0.1) is 0 Å². The Bertz CT molecular complexity index is 1690. The molecule has 11 nitrogen and oxygen atoms in total. The molecule has 282 valence electrons. The molecular weight excluding hydrogens is 664 g/mol. The van der Waals surface area contributed by atoms with Gasteiger partial charge in [0.15, 0.2) is 24.6 Å². The van der Waals surface area contributed by atoms with Crippen molar-refractivity contribution < 1.29 is 43.2 Å². The molecule has 0 aromatic rings. The van der Waals surface area contributed by atoms with E-state index in [0.29, 0.717) is 44.1 Å². The minimum atomic E-state index is -1.38. The highest BCUT2D eigenvalue weighted by Gasteiger charge is 2.91. The number of hydrogen-bond acceptors (Lipinski definition) is 10. The van der Waals surface area contributed by atoms with Crippen molar-refractivity contribution in [2.75, 3.05) is 19.8 Å². The first kappa shape index (κ1) is 34.1. The largest absolute Gasteiger partial charge is 0.464 e. The SMILES string of the molecule is CC1(C)OC2C3(CCCC3)C(=O)OCC23C1C(=O)C(O)C1(C)C3CCC2(C)C(C3=CC[OH+]C3CCC3CCC(C4=NC=NC4)CC3)OC(=O)C3OC321. The van der Waals surface area contributed by atoms with Crippen LogP contribution in [-0.2, 0) is 33.3 Å². The monoisotopic (exact) mass is 719 g/mol. The molecule has 8 fully saturated rings. The summed E-state index contributed by atoms with van der Waals surface area (Å²) in [6, 6.07) is 0. The number of carbonyl (C=O) groups is 3. The molecule has 2 N–H and O–H groups in total. The van der Waals surface area contributed by atoms with Gasteiger partial charge in [-0.1, -0.05) is 26.7 Å². The third-order valence-corrected chi connectivity index (χ3v) is 16.8. The molecule has 11 heteroatoms. The predicted octanol–water partition coefficient (Wildman–Crippen LogP) is 4.22. The summed E-state index contributed by atoms with van der Waals surface area (Å²) in [4.78, 5) is 51.4. The van der Waals surface area contributed by atoms with Crippen molar-refractivity contribution >= 4 is 29.8 Å². The van der Waals surface area contributed by atoms with Gasteiger partial charge in [-0.3, -0.25) is 14.6 Å². The average Bonchev–Trinajstić information content (AvgIpc) is 3.60. The number of ether oxygens (including phenoxy) is 5. The van der Waals surface area contributed by atoms with Crippen LogP contribution in [0, 0.1) is 45.3 Å². The molecular formula is C41H55N2O9+. The molecule has 4 saturated carbocycles. The van der Waals surface area contributed by atoms with Gasteiger partial charge in [-0.05, 0) is 89.4 Å². The zero-order valence-corrected chi connectivity index (χ0v) is 31.1. The number of Topliss-reactive ketones (excluding diaryl/α,β-unsaturated/α-hetero) is 1. The summed E-state index contributed by atoms with van der Waals surface area (Å²) in [5, 5.41) is 12.5. The molecule has 4 aliphatic carbocycles. The van der Waals surface area contributed by atoms with E-state index in [9.17, 15) is 19.5 Å². The summed E-state index contributed by atoms with van der Waals surface area (Å²) in [5.41, 5.74) is -3.23. The Morgan fingerprint density at radius 3 is 2.44 bits per heavy atom. The number of epoxide rings is 1. The van der Waals surface area contributed by atoms with Crippen molar-refractivity contribution in [1.82, 2.24) is 0 Å². The van der Waals surface area contributed by atoms with Gasteiger partial charge in [0.1, 0.15) is 30.8 Å². The van der Waals surface area contributed by atoms with Gasteiger partial charge in [-0.2, -0.15) is 0 Å². The first-order valence-electron chi connectivity index (χ1n) is 20.2. The van der Waals surface area contributed by atoms with E-state index in [1.54, 1.807) is 6.34 Å². The van der Waals surface area contributed by atoms with Gasteiger partial charge in [0.05, 0.1) is 35.2 Å². The molecule has 0 radical (unpaired) electrons. The lowest BCUT2D eigenvalue weighted by atomic mass is 9.35. The fraction of sp³-hybridized carbons (Fsp3) is 0.829. The molecule has 0 aromatic heterocycles. The number of rotatable bonds is 5. The third kappa shape index (κ3) is 3.99. The van der Waals surface area contributed by atoms with E-state index in [1.807, 2.05) is 20.8 Å². The van der Waals surface area contributed by atoms with Gasteiger partial charge in [-0.25, -0.2) is 9.79 Å². The van der Waals surface area contributed by atoms with E-state index in [1.165, 1.54) is 18.6 Å². The average molecular weight is 720 g/mol. The van der Waals surface area contributed by atoms with Crippen LogP contribution in [0.4, 0.5) is 0 Å². The number of carbonyl (C=O) groups excluding carboxylic acids is 3. The van der Waals surface area contributed by atoms with Crippen molar-refractivity contribution in [3.8, 4) is 0 Å². The number of cyclic esters (lactones) is 2. The smallest absolute Gasteiger partial charge is 0.339 e. The number of hydrogen-bond donors (Lipinski definition) is 1. The lowest BCUT2D eigenvalue weighted by Gasteiger charge is -2.67. The zero-order chi connectivity index (χ0) is 36.1. The van der Waals surface area contributed by atoms with Crippen LogP contribution >= 0.6 is 0 Å². The number of fused-ring (bicyclic) bond motifs is 2. The molecule has 4 saturated heterocycles. The third-order valence-electron chi connectivity index (χ3n) is 16.8. The molecule has 11 unspecified atom stereocenters. The van der Waals surface area contributed by atoms with Crippen LogP contribution in [0.3, 0.4) is 0 Å². The fourth-order valence-electron chi connectivity index (χ4n) is 14.6. The van der Waals surface area contributed by atoms with Gasteiger partial charge in [0.2, 0.25) is 0 Å². The molecule has 10 rings (SSSR count). The minimum absolute atomic E-state index is 0.0490. The van der Waals surface area contributed by atoms with Crippen molar-refractivity contribution in [3.05, 3.63) is 11.6 Å². The predicted molar refractivity (Wildman–Crippen MR) is 189 cm³/mol. The Kier molecular flexibility index (Phi) is 7.25. The number of ketones is 1. The van der Waals surface area contributed by atoms with Crippen LogP contribution in [0.5, 0.6) is 0 Å². The van der Waals surface area contributed by atoms with Crippen LogP contribution in [-0.4, -0.2) is 101 Å². The van der Waals surface area contributed by atoms with E-state index in [4.69, 9.17) is 23.7 Å². The van der Waals surface area contributed by atoms with Gasteiger partial charge in [0.25, 0.3) is 0 Å². The second-order valence-electron chi connectivity index (χ2n) is 19.2. The molecule has 3 spiro atoms. The molecule has 52 heavy (non-hydrogen) atoms. The topological polar surface area (TPSA) is 149 Å². The standard InChI is InChI=1S/C41H54N2O9/c1-36(2)29-28(44)30(45)38(4)27(40(29)20-49-35(47)39(34(40)52-36)15-5-6-16-39)13-17-37(3)31(50-33(46)32-41(37,38)51-32)24-14-18-48-26(24)12-9-22-7-10-23(11-8-22)25-19-42-21-43-25/h14,21-23,26-27,29-32,34,45H,5-13,15-20H2,1-4H3/p+1. The summed E-state index contributed by atoms with van der Waals surface area (Å²) in [7, 11) is 0. The van der Waals surface area contributed by atoms with Crippen LogP contribution in [0.2, 0.25) is 0 Å². The fourth-order valence-corrected chi connectivity index (χ4v) is 14.6. The zero-order valence-electron chi connectivity index (χ0n) is 31.1. The van der Waals surface area contributed by atoms with E-state index in [2.05, 4.69) is 23.0 Å². The lowest BCUT2D eigenvalue weighted by molar-refractivity contribution is -0.261. The Hall–Kier alpha value is -2.47. The maximum absolute atomic E-state index is 14.9. The number of aliphatic hydroxyl groups excluding tert-OH is 1. The minimum Gasteiger partial charge on any atom is -0.464 e. The van der Waals surface area contributed by atoms with Gasteiger partial charge < -0.3 is 28.8 Å². The summed E-state index contributed by atoms with van der Waals surface area (Å²) in [5.74, 6) is -0.675. The van der Waals surface area contributed by atoms with Gasteiger partial charge >= 0.3 is 11.9 Å². The molecule has 6 heterocycles. The molecule has 0 amide bonds. The number of aliphatic hydroxyl groups is 3. The Balaban J connectivity index is 0.966. The lowest BCUT2D eigenvalue weighted by Crippen LogP contribution is -2.78. The normalized spacial score (nSPS) is 50.7. The molecule has 6 aliphatic heterocycles. The summed E-state index contributed by atoms with van der Waals surface area (Å²) in [6.07, 6.45) is 11.6. The highest BCUT2D eigenvalue weighted by Crippen LogP contribution is 2.80. The molecule has 0 bridgehead atoms. The molecule has 0 aromatic carbocycles. The van der Waals surface area contributed by atoms with Gasteiger partial charge in [0, 0.05) is 34.5 Å². The van der Waals surface area contributed by atoms with Crippen LogP contribution in [0.15, 0.2) is 21.6 Å². The van der Waals surface area contributed by atoms with E-state index in [-0.39, 0.29) is 30.4 Å². The van der Waals surface area contributed by atoms with Crippen LogP contribution < -0.4 is 0 Å². The summed E-state index contributed by atoms with van der Waals surface area (Å²) < 4.78 is 31.3. The number of esters is 2. The maximum atomic E-state index is 14.9. The highest BCUT2D eigenvalue weighted by molar-refractivity contribution is 5.98. The van der Waals surface area contributed by atoms with Crippen molar-refractivity contribution in [2.24, 2.45) is 55.3 Å². The first-order chi connectivity index (χ1) is 24.8. The summed E-state index contributed by atoms with van der Waals surface area (Å²) >= 11 is 0. The summed E-state index contributed by atoms with van der Waals surface area (Å²) in [6.45, 7) is 9.44.